The van der Waals surface area contributed by atoms with Gasteiger partial charge in [0, 0.05) is 55.1 Å². The first-order valence-corrected chi connectivity index (χ1v) is 11.6. The second-order valence-electron chi connectivity index (χ2n) is 9.29. The fourth-order valence-electron chi connectivity index (χ4n) is 3.92. The number of carbonyl (C=O) groups excluding carboxylic acids is 3. The Hall–Kier alpha value is -1.93. The van der Waals surface area contributed by atoms with E-state index in [1.165, 1.54) is 0 Å². The van der Waals surface area contributed by atoms with Crippen LogP contribution in [0.3, 0.4) is 0 Å². The number of likely N-dealkylation sites (tertiary alicyclic amines) is 1. The number of hydrogen-bond donors (Lipinski definition) is 2. The van der Waals surface area contributed by atoms with Crippen LogP contribution in [0.1, 0.15) is 43.5 Å². The van der Waals surface area contributed by atoms with Crippen molar-refractivity contribution in [2.75, 3.05) is 46.8 Å². The van der Waals surface area contributed by atoms with Gasteiger partial charge in [-0.2, -0.15) is 0 Å². The first-order chi connectivity index (χ1) is 14.6. The molecule has 7 nitrogen and oxygen atoms in total. The van der Waals surface area contributed by atoms with E-state index >= 15 is 0 Å². The number of carbonyl (C=O) groups is 3. The number of nitrogens with zero attached hydrogens (tertiary/aromatic N) is 2. The molecule has 172 valence electrons. The molecule has 1 aliphatic heterocycles. The third kappa shape index (κ3) is 8.61. The lowest BCUT2D eigenvalue weighted by molar-refractivity contribution is -0.135. The highest BCUT2D eigenvalue weighted by atomic mass is 79.9. The topological polar surface area (TPSA) is 81.8 Å². The van der Waals surface area contributed by atoms with Gasteiger partial charge >= 0.3 is 0 Å². The van der Waals surface area contributed by atoms with Crippen LogP contribution in [0.15, 0.2) is 28.7 Å². The monoisotopic (exact) mass is 494 g/mol. The lowest BCUT2D eigenvalue weighted by Crippen LogP contribution is -2.46. The molecule has 1 heterocycles. The molecule has 0 radical (unpaired) electrons. The number of hydrogen-bond acceptors (Lipinski definition) is 4. The minimum absolute atomic E-state index is 0.0104. The maximum Gasteiger partial charge on any atom is 0.251 e. The average Bonchev–Trinajstić information content (AvgIpc) is 2.71. The number of amides is 3. The molecule has 2 N–H and O–H groups in total. The van der Waals surface area contributed by atoms with Gasteiger partial charge in [0.1, 0.15) is 0 Å². The number of benzene rings is 1. The third-order valence-electron chi connectivity index (χ3n) is 5.43. The van der Waals surface area contributed by atoms with Crippen molar-refractivity contribution in [2.24, 2.45) is 11.3 Å². The minimum Gasteiger partial charge on any atom is -0.355 e. The van der Waals surface area contributed by atoms with Crippen molar-refractivity contribution in [1.29, 1.82) is 0 Å². The molecule has 8 heteroatoms. The Morgan fingerprint density at radius 2 is 1.71 bits per heavy atom. The van der Waals surface area contributed by atoms with E-state index in [9.17, 15) is 14.4 Å². The summed E-state index contributed by atoms with van der Waals surface area (Å²) in [6, 6.07) is 7.09. The van der Waals surface area contributed by atoms with E-state index in [1.807, 2.05) is 26.2 Å². The molecule has 1 saturated heterocycles. The van der Waals surface area contributed by atoms with Crippen LogP contribution in [0, 0.1) is 11.3 Å². The molecule has 1 aliphatic rings. The second-order valence-corrected chi connectivity index (χ2v) is 10.2. The molecule has 3 amide bonds. The first-order valence-electron chi connectivity index (χ1n) is 10.8. The summed E-state index contributed by atoms with van der Waals surface area (Å²) in [5.41, 5.74) is 0.576. The van der Waals surface area contributed by atoms with Crippen molar-refractivity contribution in [2.45, 2.75) is 33.1 Å². The molecule has 0 saturated carbocycles. The summed E-state index contributed by atoms with van der Waals surface area (Å²) < 4.78 is 0.911. The van der Waals surface area contributed by atoms with Crippen LogP contribution in [-0.2, 0) is 9.59 Å². The lowest BCUT2D eigenvalue weighted by atomic mass is 9.91. The van der Waals surface area contributed by atoms with Crippen molar-refractivity contribution in [3.05, 3.63) is 34.3 Å². The number of halogens is 1. The van der Waals surface area contributed by atoms with Crippen molar-refractivity contribution < 1.29 is 14.4 Å². The summed E-state index contributed by atoms with van der Waals surface area (Å²) in [4.78, 5) is 41.0. The molecule has 1 aromatic rings. The Balaban J connectivity index is 1.68. The Morgan fingerprint density at radius 1 is 1.10 bits per heavy atom. The van der Waals surface area contributed by atoms with Gasteiger partial charge in [0.15, 0.2) is 0 Å². The van der Waals surface area contributed by atoms with Crippen LogP contribution in [0.4, 0.5) is 0 Å². The highest BCUT2D eigenvalue weighted by Crippen LogP contribution is 2.20. The van der Waals surface area contributed by atoms with E-state index in [4.69, 9.17) is 0 Å². The van der Waals surface area contributed by atoms with Gasteiger partial charge in [0.25, 0.3) is 5.91 Å². The van der Waals surface area contributed by atoms with Gasteiger partial charge in [0.05, 0.1) is 0 Å². The van der Waals surface area contributed by atoms with Gasteiger partial charge in [-0.25, -0.2) is 0 Å². The van der Waals surface area contributed by atoms with E-state index in [0.29, 0.717) is 44.6 Å². The van der Waals surface area contributed by atoms with Crippen molar-refractivity contribution in [1.82, 2.24) is 20.4 Å². The predicted octanol–water partition coefficient (Wildman–Crippen LogP) is 2.51. The van der Waals surface area contributed by atoms with Gasteiger partial charge in [0.2, 0.25) is 11.8 Å². The van der Waals surface area contributed by atoms with Crippen LogP contribution < -0.4 is 10.6 Å². The maximum atomic E-state index is 12.5. The minimum atomic E-state index is -0.187. The Kier molecular flexibility index (Phi) is 9.50. The van der Waals surface area contributed by atoms with Crippen molar-refractivity contribution in [3.63, 3.8) is 0 Å². The molecule has 0 aromatic heterocycles. The van der Waals surface area contributed by atoms with Gasteiger partial charge in [-0.3, -0.25) is 14.4 Å². The number of nitrogens with one attached hydrogen (secondary N) is 2. The van der Waals surface area contributed by atoms with Crippen LogP contribution in [0.25, 0.3) is 0 Å². The zero-order valence-corrected chi connectivity index (χ0v) is 20.6. The fraction of sp³-hybridized carbons (Fsp3) is 0.609. The summed E-state index contributed by atoms with van der Waals surface area (Å²) in [7, 11) is 4.06. The summed E-state index contributed by atoms with van der Waals surface area (Å²) in [6.45, 7) is 7.29. The predicted molar refractivity (Wildman–Crippen MR) is 126 cm³/mol. The summed E-state index contributed by atoms with van der Waals surface area (Å²) in [5, 5.41) is 5.88. The smallest absolute Gasteiger partial charge is 0.251 e. The Bertz CT molecular complexity index is 757. The van der Waals surface area contributed by atoms with Crippen molar-refractivity contribution >= 4 is 33.7 Å². The molecular weight excluding hydrogens is 460 g/mol. The SMILES string of the molecule is CN(C)CC(C)(C)CNC(=O)C1CCN(C(=O)CCNC(=O)c2ccc(Br)cc2)CC1. The normalized spacial score (nSPS) is 15.1. The molecule has 2 rings (SSSR count). The molecule has 0 atom stereocenters. The second kappa shape index (κ2) is 11.6. The van der Waals surface area contributed by atoms with E-state index in [1.54, 1.807) is 17.0 Å². The first kappa shape index (κ1) is 25.3. The van der Waals surface area contributed by atoms with Crippen LogP contribution in [-0.4, -0.2) is 74.3 Å². The molecule has 31 heavy (non-hydrogen) atoms. The highest BCUT2D eigenvalue weighted by Gasteiger charge is 2.28. The number of piperidine rings is 1. The van der Waals surface area contributed by atoms with Gasteiger partial charge in [-0.05, 0) is 56.6 Å². The molecule has 0 spiro atoms. The number of rotatable bonds is 9. The largest absolute Gasteiger partial charge is 0.355 e. The standard InChI is InChI=1S/C23H35BrN4O3/c1-23(2,16-27(3)4)15-26-22(31)18-10-13-28(14-11-18)20(29)9-12-25-21(30)17-5-7-19(24)8-6-17/h5-8,18H,9-16H2,1-4H3,(H,25,30)(H,26,31). The quantitative estimate of drug-likeness (QED) is 0.552. The average molecular weight is 495 g/mol. The Morgan fingerprint density at radius 3 is 2.29 bits per heavy atom. The Labute approximate surface area is 194 Å². The van der Waals surface area contributed by atoms with Crippen LogP contribution in [0.2, 0.25) is 0 Å². The van der Waals surface area contributed by atoms with E-state index in [0.717, 1.165) is 11.0 Å². The van der Waals surface area contributed by atoms with E-state index < -0.39 is 0 Å². The maximum absolute atomic E-state index is 12.5. The molecule has 1 fully saturated rings. The highest BCUT2D eigenvalue weighted by molar-refractivity contribution is 9.10. The third-order valence-corrected chi connectivity index (χ3v) is 5.96. The molecular formula is C23H35BrN4O3. The summed E-state index contributed by atoms with van der Waals surface area (Å²) in [5.74, 6) is -0.132. The molecule has 1 aromatic carbocycles. The van der Waals surface area contributed by atoms with Gasteiger partial charge in [-0.15, -0.1) is 0 Å². The van der Waals surface area contributed by atoms with Gasteiger partial charge < -0.3 is 20.4 Å². The summed E-state index contributed by atoms with van der Waals surface area (Å²) in [6.07, 6.45) is 1.62. The zero-order valence-electron chi connectivity index (χ0n) is 19.0. The van der Waals surface area contributed by atoms with E-state index in [2.05, 4.69) is 45.3 Å². The lowest BCUT2D eigenvalue weighted by Gasteiger charge is -2.33. The summed E-state index contributed by atoms with van der Waals surface area (Å²) >= 11 is 3.34. The van der Waals surface area contributed by atoms with E-state index in [-0.39, 0.29) is 35.5 Å². The van der Waals surface area contributed by atoms with Crippen LogP contribution in [0.5, 0.6) is 0 Å². The molecule has 0 bridgehead atoms. The van der Waals surface area contributed by atoms with Crippen molar-refractivity contribution in [3.8, 4) is 0 Å². The zero-order chi connectivity index (χ0) is 23.0. The van der Waals surface area contributed by atoms with Gasteiger partial charge in [-0.1, -0.05) is 29.8 Å². The van der Waals surface area contributed by atoms with Crippen LogP contribution >= 0.6 is 15.9 Å². The molecule has 0 unspecified atom stereocenters. The molecule has 0 aliphatic carbocycles. The fourth-order valence-corrected chi connectivity index (χ4v) is 4.18.